The molecule has 3 nitrogen and oxygen atoms in total. The normalized spacial score (nSPS) is 9.83. The molecule has 0 atom stereocenters. The Morgan fingerprint density at radius 3 is 2.78 bits per heavy atom. The fourth-order valence-electron chi connectivity index (χ4n) is 1.46. The third kappa shape index (κ3) is 3.13. The predicted molar refractivity (Wildman–Crippen MR) is 72.7 cm³/mol. The van der Waals surface area contributed by atoms with Gasteiger partial charge in [0, 0.05) is 11.6 Å². The maximum absolute atomic E-state index is 8.82. The lowest BCUT2D eigenvalue weighted by molar-refractivity contribution is 1.10. The van der Waals surface area contributed by atoms with Crippen LogP contribution in [-0.2, 0) is 6.54 Å². The van der Waals surface area contributed by atoms with Gasteiger partial charge in [0.25, 0.3) is 0 Å². The average Bonchev–Trinajstić information content (AvgIpc) is 2.38. The molecule has 0 spiro atoms. The first kappa shape index (κ1) is 12.7. The summed E-state index contributed by atoms with van der Waals surface area (Å²) in [6.45, 7) is 0.583. The summed E-state index contributed by atoms with van der Waals surface area (Å²) in [5.41, 5.74) is 1.26. The summed E-state index contributed by atoms with van der Waals surface area (Å²) in [7, 11) is 0. The van der Waals surface area contributed by atoms with Gasteiger partial charge in [0.2, 0.25) is 0 Å². The van der Waals surface area contributed by atoms with Crippen molar-refractivity contribution < 1.29 is 0 Å². The molecule has 18 heavy (non-hydrogen) atoms. The van der Waals surface area contributed by atoms with Gasteiger partial charge in [-0.15, -0.1) is 0 Å². The van der Waals surface area contributed by atoms with E-state index in [1.54, 1.807) is 12.1 Å². The second kappa shape index (κ2) is 5.72. The summed E-state index contributed by atoms with van der Waals surface area (Å²) in [6, 6.07) is 12.8. The molecule has 2 rings (SSSR count). The molecule has 90 valence electrons. The van der Waals surface area contributed by atoms with Gasteiger partial charge in [-0.1, -0.05) is 35.3 Å². The van der Waals surface area contributed by atoms with Crippen LogP contribution in [0.3, 0.4) is 0 Å². The van der Waals surface area contributed by atoms with Crippen molar-refractivity contribution in [1.82, 2.24) is 4.98 Å². The number of nitrogens with one attached hydrogen (secondary N) is 1. The molecule has 5 heteroatoms. The molecule has 0 saturated carbocycles. The van der Waals surface area contributed by atoms with Crippen LogP contribution in [-0.4, -0.2) is 4.98 Å². The van der Waals surface area contributed by atoms with Crippen LogP contribution < -0.4 is 5.32 Å². The van der Waals surface area contributed by atoms with Crippen LogP contribution in [0.1, 0.15) is 11.3 Å². The van der Waals surface area contributed by atoms with Crippen molar-refractivity contribution in [3.05, 3.63) is 57.7 Å². The van der Waals surface area contributed by atoms with Crippen LogP contribution in [0.2, 0.25) is 10.0 Å². The third-order valence-electron chi connectivity index (χ3n) is 2.31. The average molecular weight is 278 g/mol. The number of aromatic nitrogens is 1. The Hall–Kier alpha value is -1.76. The van der Waals surface area contributed by atoms with Crippen LogP contribution in [0.25, 0.3) is 0 Å². The van der Waals surface area contributed by atoms with E-state index in [1.807, 2.05) is 30.3 Å². The highest BCUT2D eigenvalue weighted by Gasteiger charge is 2.02. The molecule has 0 amide bonds. The van der Waals surface area contributed by atoms with Gasteiger partial charge < -0.3 is 5.32 Å². The summed E-state index contributed by atoms with van der Waals surface area (Å²) in [6.07, 6.45) is 0. The second-order valence-corrected chi connectivity index (χ2v) is 4.47. The molecule has 0 unspecified atom stereocenters. The molecule has 0 aliphatic heterocycles. The lowest BCUT2D eigenvalue weighted by atomic mass is 10.2. The lowest BCUT2D eigenvalue weighted by Crippen LogP contribution is -2.02. The molecule has 1 aromatic heterocycles. The van der Waals surface area contributed by atoms with Gasteiger partial charge in [-0.05, 0) is 29.8 Å². The minimum absolute atomic E-state index is 0.216. The Balaban J connectivity index is 2.09. The monoisotopic (exact) mass is 277 g/mol. The Morgan fingerprint density at radius 1 is 1.22 bits per heavy atom. The van der Waals surface area contributed by atoms with Gasteiger partial charge in [0.1, 0.15) is 11.9 Å². The van der Waals surface area contributed by atoms with Crippen molar-refractivity contribution in [2.45, 2.75) is 6.54 Å². The van der Waals surface area contributed by atoms with Crippen molar-refractivity contribution in [2.24, 2.45) is 0 Å². The SMILES string of the molecule is N#Cc1nc(NCc2cccc(Cl)c2)ccc1Cl. The smallest absolute Gasteiger partial charge is 0.161 e. The lowest BCUT2D eigenvalue weighted by Gasteiger charge is -2.06. The first-order valence-electron chi connectivity index (χ1n) is 5.24. The van der Waals surface area contributed by atoms with E-state index in [-0.39, 0.29) is 5.69 Å². The molecule has 1 N–H and O–H groups in total. The molecular weight excluding hydrogens is 269 g/mol. The third-order valence-corrected chi connectivity index (χ3v) is 2.85. The van der Waals surface area contributed by atoms with E-state index in [2.05, 4.69) is 10.3 Å². The molecule has 0 bridgehead atoms. The van der Waals surface area contributed by atoms with E-state index in [0.29, 0.717) is 22.4 Å². The van der Waals surface area contributed by atoms with Crippen LogP contribution in [0.15, 0.2) is 36.4 Å². The molecule has 0 fully saturated rings. The Bertz CT molecular complexity index is 605. The fraction of sp³-hybridized carbons (Fsp3) is 0.0769. The van der Waals surface area contributed by atoms with Crippen molar-refractivity contribution in [1.29, 1.82) is 5.26 Å². The zero-order chi connectivity index (χ0) is 13.0. The van der Waals surface area contributed by atoms with E-state index < -0.39 is 0 Å². The predicted octanol–water partition coefficient (Wildman–Crippen LogP) is 3.87. The summed E-state index contributed by atoms with van der Waals surface area (Å²) < 4.78 is 0. The zero-order valence-corrected chi connectivity index (χ0v) is 10.8. The quantitative estimate of drug-likeness (QED) is 0.927. The molecule has 0 aliphatic carbocycles. The van der Waals surface area contributed by atoms with Gasteiger partial charge in [-0.2, -0.15) is 5.26 Å². The van der Waals surface area contributed by atoms with Crippen LogP contribution in [0, 0.1) is 11.3 Å². The van der Waals surface area contributed by atoms with Gasteiger partial charge >= 0.3 is 0 Å². The zero-order valence-electron chi connectivity index (χ0n) is 9.32. The first-order chi connectivity index (χ1) is 8.69. The standard InChI is InChI=1S/C13H9Cl2N3/c14-10-3-1-2-9(6-10)8-17-13-5-4-11(15)12(7-16)18-13/h1-6H,8H2,(H,17,18). The Morgan fingerprint density at radius 2 is 2.06 bits per heavy atom. The number of hydrogen-bond donors (Lipinski definition) is 1. The van der Waals surface area contributed by atoms with E-state index in [0.717, 1.165) is 5.56 Å². The van der Waals surface area contributed by atoms with E-state index >= 15 is 0 Å². The van der Waals surface area contributed by atoms with Crippen LogP contribution in [0.4, 0.5) is 5.82 Å². The molecule has 1 aromatic carbocycles. The number of nitriles is 1. The fourth-order valence-corrected chi connectivity index (χ4v) is 1.82. The van der Waals surface area contributed by atoms with Gasteiger partial charge in [0.15, 0.2) is 5.69 Å². The van der Waals surface area contributed by atoms with E-state index in [9.17, 15) is 0 Å². The topological polar surface area (TPSA) is 48.7 Å². The molecular formula is C13H9Cl2N3. The minimum Gasteiger partial charge on any atom is -0.366 e. The number of anilines is 1. The Labute approximate surface area is 115 Å². The summed E-state index contributed by atoms with van der Waals surface area (Å²) in [5.74, 6) is 0.607. The highest BCUT2D eigenvalue weighted by atomic mass is 35.5. The number of pyridine rings is 1. The Kier molecular flexibility index (Phi) is 4.03. The minimum atomic E-state index is 0.216. The summed E-state index contributed by atoms with van der Waals surface area (Å²) >= 11 is 11.7. The van der Waals surface area contributed by atoms with Crippen molar-refractivity contribution in [3.63, 3.8) is 0 Å². The summed E-state index contributed by atoms with van der Waals surface area (Å²) in [4.78, 5) is 4.09. The molecule has 2 aromatic rings. The molecule has 1 heterocycles. The van der Waals surface area contributed by atoms with Crippen LogP contribution in [0.5, 0.6) is 0 Å². The number of benzene rings is 1. The maximum Gasteiger partial charge on any atom is 0.161 e. The van der Waals surface area contributed by atoms with Gasteiger partial charge in [-0.3, -0.25) is 0 Å². The molecule has 0 saturated heterocycles. The van der Waals surface area contributed by atoms with Crippen molar-refractivity contribution in [2.75, 3.05) is 5.32 Å². The van der Waals surface area contributed by atoms with Crippen LogP contribution >= 0.6 is 23.2 Å². The number of hydrogen-bond acceptors (Lipinski definition) is 3. The number of halogens is 2. The molecule has 0 radical (unpaired) electrons. The first-order valence-corrected chi connectivity index (χ1v) is 5.99. The van der Waals surface area contributed by atoms with E-state index in [4.69, 9.17) is 28.5 Å². The highest BCUT2D eigenvalue weighted by Crippen LogP contribution is 2.17. The highest BCUT2D eigenvalue weighted by molar-refractivity contribution is 6.31. The number of nitrogens with zero attached hydrogens (tertiary/aromatic N) is 2. The summed E-state index contributed by atoms with van der Waals surface area (Å²) in [5, 5.41) is 13.0. The second-order valence-electron chi connectivity index (χ2n) is 3.62. The van der Waals surface area contributed by atoms with Crippen molar-refractivity contribution in [3.8, 4) is 6.07 Å². The van der Waals surface area contributed by atoms with Gasteiger partial charge in [0.05, 0.1) is 5.02 Å². The largest absolute Gasteiger partial charge is 0.366 e. The molecule has 0 aliphatic rings. The van der Waals surface area contributed by atoms with Crippen molar-refractivity contribution >= 4 is 29.0 Å². The number of rotatable bonds is 3. The maximum atomic E-state index is 8.82. The van der Waals surface area contributed by atoms with E-state index in [1.165, 1.54) is 0 Å². The van der Waals surface area contributed by atoms with Gasteiger partial charge in [-0.25, -0.2) is 4.98 Å².